The minimum absolute atomic E-state index is 0.0465. The van der Waals surface area contributed by atoms with Gasteiger partial charge in [-0.2, -0.15) is 0 Å². The molecule has 23 heavy (non-hydrogen) atoms. The number of hydrogen-bond acceptors (Lipinski definition) is 2. The van der Waals surface area contributed by atoms with Crippen LogP contribution in [0.15, 0.2) is 24.3 Å². The van der Waals surface area contributed by atoms with Crippen molar-refractivity contribution >= 4 is 35.1 Å². The fourth-order valence-corrected chi connectivity index (χ4v) is 3.55. The van der Waals surface area contributed by atoms with Gasteiger partial charge in [-0.25, -0.2) is 4.79 Å². The molecule has 2 unspecified atom stereocenters. The number of alkyl halides is 2. The third-order valence-corrected chi connectivity index (χ3v) is 5.63. The number of hydrogen-bond donors (Lipinski definition) is 1. The SMILES string of the molecule is CCCc1ccc(C2(C)NC(=O)N(CC3CC3(Cl)Cl)C2=O)cc1. The molecule has 124 valence electrons. The molecule has 1 saturated carbocycles. The molecule has 4 nitrogen and oxygen atoms in total. The summed E-state index contributed by atoms with van der Waals surface area (Å²) in [5, 5.41) is 2.81. The Balaban J connectivity index is 1.79. The van der Waals surface area contributed by atoms with Gasteiger partial charge in [0.1, 0.15) is 9.87 Å². The second-order valence-corrected chi connectivity index (χ2v) is 8.12. The Bertz CT molecular complexity index is 644. The summed E-state index contributed by atoms with van der Waals surface area (Å²) in [6.07, 6.45) is 2.67. The molecule has 0 radical (unpaired) electrons. The zero-order chi connectivity index (χ0) is 16.8. The maximum Gasteiger partial charge on any atom is 0.325 e. The van der Waals surface area contributed by atoms with Gasteiger partial charge in [0.2, 0.25) is 0 Å². The molecule has 1 aromatic carbocycles. The van der Waals surface area contributed by atoms with Crippen LogP contribution < -0.4 is 5.32 Å². The van der Waals surface area contributed by atoms with Crippen molar-refractivity contribution < 1.29 is 9.59 Å². The number of carbonyl (C=O) groups is 2. The molecular formula is C17H20Cl2N2O2. The number of nitrogens with one attached hydrogen (secondary N) is 1. The number of rotatable bonds is 5. The van der Waals surface area contributed by atoms with Gasteiger partial charge in [-0.1, -0.05) is 37.6 Å². The fourth-order valence-electron chi connectivity index (χ4n) is 3.04. The van der Waals surface area contributed by atoms with Crippen LogP contribution in [0.1, 0.15) is 37.8 Å². The molecule has 1 aliphatic carbocycles. The van der Waals surface area contributed by atoms with Gasteiger partial charge in [-0.15, -0.1) is 23.2 Å². The zero-order valence-corrected chi connectivity index (χ0v) is 14.7. The van der Waals surface area contributed by atoms with Gasteiger partial charge in [-0.05, 0) is 30.9 Å². The lowest BCUT2D eigenvalue weighted by Gasteiger charge is -2.22. The van der Waals surface area contributed by atoms with Crippen LogP contribution in [0.2, 0.25) is 0 Å². The smallest absolute Gasteiger partial charge is 0.319 e. The van der Waals surface area contributed by atoms with E-state index in [1.54, 1.807) is 6.92 Å². The highest BCUT2D eigenvalue weighted by Gasteiger charge is 2.56. The molecule has 3 rings (SSSR count). The van der Waals surface area contributed by atoms with Crippen LogP contribution in [0.25, 0.3) is 0 Å². The largest absolute Gasteiger partial charge is 0.325 e. The minimum Gasteiger partial charge on any atom is -0.319 e. The standard InChI is InChI=1S/C17H20Cl2N2O2/c1-3-4-11-5-7-12(8-6-11)16(2)14(22)21(15(23)20-16)10-13-9-17(13,18)19/h5-8,13H,3-4,9-10H2,1-2H3,(H,20,23). The van der Waals surface area contributed by atoms with E-state index in [1.807, 2.05) is 24.3 Å². The quantitative estimate of drug-likeness (QED) is 0.648. The second kappa shape index (κ2) is 5.67. The predicted octanol–water partition coefficient (Wildman–Crippen LogP) is 3.60. The van der Waals surface area contributed by atoms with Crippen molar-refractivity contribution in [2.45, 2.75) is 43.0 Å². The molecule has 2 aliphatic rings. The summed E-state index contributed by atoms with van der Waals surface area (Å²) < 4.78 is -0.804. The number of urea groups is 1. The van der Waals surface area contributed by atoms with E-state index in [4.69, 9.17) is 23.2 Å². The summed E-state index contributed by atoms with van der Waals surface area (Å²) in [4.78, 5) is 26.2. The molecule has 1 aromatic rings. The van der Waals surface area contributed by atoms with Gasteiger partial charge >= 0.3 is 6.03 Å². The van der Waals surface area contributed by atoms with Crippen LogP contribution in [0.4, 0.5) is 4.79 Å². The summed E-state index contributed by atoms with van der Waals surface area (Å²) in [5.41, 5.74) is 0.982. The van der Waals surface area contributed by atoms with Crippen LogP contribution in [-0.2, 0) is 16.8 Å². The first-order valence-corrected chi connectivity index (χ1v) is 8.65. The Morgan fingerprint density at radius 2 is 1.87 bits per heavy atom. The van der Waals surface area contributed by atoms with E-state index in [1.165, 1.54) is 10.5 Å². The molecule has 1 N–H and O–H groups in total. The topological polar surface area (TPSA) is 49.4 Å². The van der Waals surface area contributed by atoms with Gasteiger partial charge in [-0.3, -0.25) is 9.69 Å². The van der Waals surface area contributed by atoms with Crippen LogP contribution in [-0.4, -0.2) is 27.7 Å². The maximum absolute atomic E-state index is 12.8. The molecule has 6 heteroatoms. The Labute approximate surface area is 146 Å². The summed E-state index contributed by atoms with van der Waals surface area (Å²) in [6, 6.07) is 7.46. The highest BCUT2D eigenvalue weighted by molar-refractivity contribution is 6.50. The van der Waals surface area contributed by atoms with Crippen LogP contribution in [0.5, 0.6) is 0 Å². The number of imide groups is 1. The monoisotopic (exact) mass is 354 g/mol. The van der Waals surface area contributed by atoms with E-state index in [2.05, 4.69) is 12.2 Å². The normalized spacial score (nSPS) is 28.9. The zero-order valence-electron chi connectivity index (χ0n) is 13.2. The summed E-state index contributed by atoms with van der Waals surface area (Å²) in [7, 11) is 0. The highest BCUT2D eigenvalue weighted by atomic mass is 35.5. The average molecular weight is 355 g/mol. The van der Waals surface area contributed by atoms with Gasteiger partial charge in [0, 0.05) is 12.5 Å². The Hall–Kier alpha value is -1.26. The van der Waals surface area contributed by atoms with Gasteiger partial charge in [0.15, 0.2) is 0 Å². The van der Waals surface area contributed by atoms with Gasteiger partial charge in [0.25, 0.3) is 5.91 Å². The molecule has 2 fully saturated rings. The number of carbonyl (C=O) groups excluding carboxylic acids is 2. The Morgan fingerprint density at radius 3 is 2.39 bits per heavy atom. The molecule has 2 atom stereocenters. The first-order chi connectivity index (χ1) is 10.8. The first kappa shape index (κ1) is 16.6. The predicted molar refractivity (Wildman–Crippen MR) is 90.6 cm³/mol. The molecule has 1 heterocycles. The summed E-state index contributed by atoms with van der Waals surface area (Å²) >= 11 is 12.0. The van der Waals surface area contributed by atoms with E-state index >= 15 is 0 Å². The minimum atomic E-state index is -1.03. The lowest BCUT2D eigenvalue weighted by Crippen LogP contribution is -2.41. The van der Waals surface area contributed by atoms with E-state index < -0.39 is 9.87 Å². The molecule has 1 saturated heterocycles. The molecule has 0 spiro atoms. The van der Waals surface area contributed by atoms with Crippen LogP contribution in [0, 0.1) is 5.92 Å². The summed E-state index contributed by atoms with van der Waals surface area (Å²) in [5.74, 6) is -0.295. The lowest BCUT2D eigenvalue weighted by atomic mass is 9.91. The Kier molecular flexibility index (Phi) is 4.09. The average Bonchev–Trinajstić information content (AvgIpc) is 3.04. The van der Waals surface area contributed by atoms with Crippen molar-refractivity contribution in [1.82, 2.24) is 10.2 Å². The maximum atomic E-state index is 12.8. The van der Waals surface area contributed by atoms with Crippen molar-refractivity contribution in [1.29, 1.82) is 0 Å². The molecule has 3 amide bonds. The number of amides is 3. The van der Waals surface area contributed by atoms with Gasteiger partial charge in [0.05, 0.1) is 0 Å². The van der Waals surface area contributed by atoms with Crippen molar-refractivity contribution in [2.24, 2.45) is 5.92 Å². The van der Waals surface area contributed by atoms with Crippen molar-refractivity contribution in [2.75, 3.05) is 6.54 Å². The van der Waals surface area contributed by atoms with Crippen LogP contribution in [0.3, 0.4) is 0 Å². The highest BCUT2D eigenvalue weighted by Crippen LogP contribution is 2.53. The molecule has 1 aliphatic heterocycles. The van der Waals surface area contributed by atoms with E-state index in [0.717, 1.165) is 18.4 Å². The number of benzene rings is 1. The first-order valence-electron chi connectivity index (χ1n) is 7.89. The van der Waals surface area contributed by atoms with E-state index in [-0.39, 0.29) is 24.4 Å². The van der Waals surface area contributed by atoms with Crippen molar-refractivity contribution in [3.8, 4) is 0 Å². The van der Waals surface area contributed by atoms with Crippen molar-refractivity contribution in [3.63, 3.8) is 0 Å². The summed E-state index contributed by atoms with van der Waals surface area (Å²) in [6.45, 7) is 4.13. The number of nitrogens with zero attached hydrogens (tertiary/aromatic N) is 1. The van der Waals surface area contributed by atoms with E-state index in [9.17, 15) is 9.59 Å². The van der Waals surface area contributed by atoms with Crippen molar-refractivity contribution in [3.05, 3.63) is 35.4 Å². The third kappa shape index (κ3) is 2.94. The molecular weight excluding hydrogens is 335 g/mol. The van der Waals surface area contributed by atoms with Gasteiger partial charge < -0.3 is 5.32 Å². The number of halogens is 2. The second-order valence-electron chi connectivity index (χ2n) is 6.58. The Morgan fingerprint density at radius 1 is 1.26 bits per heavy atom. The fraction of sp³-hybridized carbons (Fsp3) is 0.529. The van der Waals surface area contributed by atoms with Crippen LogP contribution >= 0.6 is 23.2 Å². The molecule has 0 aromatic heterocycles. The molecule has 0 bridgehead atoms. The number of aryl methyl sites for hydroxylation is 1. The lowest BCUT2D eigenvalue weighted by molar-refractivity contribution is -0.131. The van der Waals surface area contributed by atoms with E-state index in [0.29, 0.717) is 6.42 Å². The third-order valence-electron chi connectivity index (χ3n) is 4.70.